The second kappa shape index (κ2) is 8.54. The maximum Gasteiger partial charge on any atom is 0.306 e. The van der Waals surface area contributed by atoms with Crippen LogP contribution in [0.3, 0.4) is 0 Å². The van der Waals surface area contributed by atoms with E-state index in [0.717, 1.165) is 19.3 Å². The van der Waals surface area contributed by atoms with E-state index in [0.29, 0.717) is 12.8 Å². The molecule has 0 saturated carbocycles. The predicted octanol–water partition coefficient (Wildman–Crippen LogP) is 2.66. The molecule has 19 heavy (non-hydrogen) atoms. The van der Waals surface area contributed by atoms with Gasteiger partial charge in [-0.05, 0) is 39.5 Å². The lowest BCUT2D eigenvalue weighted by Gasteiger charge is -2.20. The van der Waals surface area contributed by atoms with Crippen LogP contribution in [0, 0.1) is 5.92 Å². The molecule has 4 heteroatoms. The molecule has 0 spiro atoms. The van der Waals surface area contributed by atoms with E-state index >= 15 is 0 Å². The Kier molecular flexibility index (Phi) is 8.26. The molecule has 0 heterocycles. The summed E-state index contributed by atoms with van der Waals surface area (Å²) in [6, 6.07) is 0. The highest BCUT2D eigenvalue weighted by Crippen LogP contribution is 2.18. The van der Waals surface area contributed by atoms with Crippen LogP contribution in [0.4, 0.5) is 0 Å². The zero-order valence-corrected chi connectivity index (χ0v) is 13.0. The van der Waals surface area contributed by atoms with E-state index < -0.39 is 17.8 Å². The van der Waals surface area contributed by atoms with Gasteiger partial charge in [0.2, 0.25) is 0 Å². The Bertz CT molecular complexity index is 257. The summed E-state index contributed by atoms with van der Waals surface area (Å²) in [5.41, 5.74) is -0.639. The van der Waals surface area contributed by atoms with Crippen molar-refractivity contribution in [3.05, 3.63) is 0 Å². The lowest BCUT2D eigenvalue weighted by atomic mass is 9.95. The van der Waals surface area contributed by atoms with Crippen LogP contribution in [0.15, 0.2) is 0 Å². The summed E-state index contributed by atoms with van der Waals surface area (Å²) in [7, 11) is 0. The molecule has 0 aliphatic heterocycles. The van der Waals surface area contributed by atoms with Gasteiger partial charge in [0.1, 0.15) is 6.10 Å². The Balaban J connectivity index is 3.87. The number of esters is 1. The summed E-state index contributed by atoms with van der Waals surface area (Å²) in [6.45, 7) is 9.16. The second-order valence-corrected chi connectivity index (χ2v) is 6.18. The van der Waals surface area contributed by atoms with E-state index in [2.05, 4.69) is 0 Å². The molecule has 2 N–H and O–H groups in total. The Morgan fingerprint density at radius 2 is 1.89 bits per heavy atom. The van der Waals surface area contributed by atoms with E-state index in [-0.39, 0.29) is 11.9 Å². The molecule has 4 nitrogen and oxygen atoms in total. The Hall–Kier alpha value is -0.610. The zero-order valence-electron chi connectivity index (χ0n) is 13.0. The number of carbonyl (C=O) groups is 1. The van der Waals surface area contributed by atoms with Gasteiger partial charge < -0.3 is 14.9 Å². The summed E-state index contributed by atoms with van der Waals surface area (Å²) in [5, 5.41) is 19.1. The van der Waals surface area contributed by atoms with Crippen LogP contribution in [-0.2, 0) is 9.53 Å². The molecule has 0 bridgehead atoms. The summed E-state index contributed by atoms with van der Waals surface area (Å²) < 4.78 is 5.18. The highest BCUT2D eigenvalue weighted by Gasteiger charge is 2.19. The monoisotopic (exact) mass is 274 g/mol. The fourth-order valence-electron chi connectivity index (χ4n) is 1.94. The molecular weight excluding hydrogens is 244 g/mol. The quantitative estimate of drug-likeness (QED) is 0.634. The number of hydrogen-bond acceptors (Lipinski definition) is 4. The summed E-state index contributed by atoms with van der Waals surface area (Å²) in [5.74, 6) is -0.0171. The molecule has 0 fully saturated rings. The average molecular weight is 274 g/mol. The molecule has 0 amide bonds. The average Bonchev–Trinajstić information content (AvgIpc) is 2.25. The second-order valence-electron chi connectivity index (χ2n) is 6.18. The van der Waals surface area contributed by atoms with Gasteiger partial charge in [-0.15, -0.1) is 0 Å². The number of aliphatic hydroxyl groups is 2. The molecule has 0 saturated heterocycles. The van der Waals surface area contributed by atoms with Crippen molar-refractivity contribution in [3.8, 4) is 0 Å². The first-order valence-electron chi connectivity index (χ1n) is 7.25. The molecule has 114 valence electrons. The predicted molar refractivity (Wildman–Crippen MR) is 75.8 cm³/mol. The zero-order chi connectivity index (χ0) is 15.1. The van der Waals surface area contributed by atoms with Gasteiger partial charge in [0.05, 0.1) is 11.7 Å². The normalized spacial score (nSPS) is 16.8. The van der Waals surface area contributed by atoms with Gasteiger partial charge in [-0.1, -0.05) is 26.7 Å². The van der Waals surface area contributed by atoms with Crippen LogP contribution < -0.4 is 0 Å². The Morgan fingerprint density at radius 1 is 1.32 bits per heavy atom. The molecule has 3 unspecified atom stereocenters. The van der Waals surface area contributed by atoms with Crippen molar-refractivity contribution in [2.24, 2.45) is 5.92 Å². The van der Waals surface area contributed by atoms with Gasteiger partial charge in [-0.25, -0.2) is 0 Å². The van der Waals surface area contributed by atoms with Crippen LogP contribution >= 0.6 is 0 Å². The molecule has 0 radical (unpaired) electrons. The van der Waals surface area contributed by atoms with E-state index in [9.17, 15) is 15.0 Å². The first kappa shape index (κ1) is 18.4. The summed E-state index contributed by atoms with van der Waals surface area (Å²) in [6.07, 6.45) is 2.43. The van der Waals surface area contributed by atoms with E-state index in [1.54, 1.807) is 20.8 Å². The maximum absolute atomic E-state index is 11.7. The maximum atomic E-state index is 11.7. The van der Waals surface area contributed by atoms with E-state index in [1.165, 1.54) is 0 Å². The molecule has 0 aromatic rings. The summed E-state index contributed by atoms with van der Waals surface area (Å²) >= 11 is 0. The topological polar surface area (TPSA) is 66.8 Å². The smallest absolute Gasteiger partial charge is 0.306 e. The van der Waals surface area contributed by atoms with Crippen LogP contribution in [0.5, 0.6) is 0 Å². The number of rotatable bonds is 9. The molecule has 0 aliphatic rings. The third-order valence-corrected chi connectivity index (χ3v) is 3.28. The first-order valence-corrected chi connectivity index (χ1v) is 7.25. The molecule has 0 aromatic heterocycles. The van der Waals surface area contributed by atoms with E-state index in [1.807, 2.05) is 13.8 Å². The van der Waals surface area contributed by atoms with Crippen molar-refractivity contribution in [2.45, 2.75) is 84.5 Å². The van der Waals surface area contributed by atoms with Gasteiger partial charge in [0, 0.05) is 6.42 Å². The largest absolute Gasteiger partial charge is 0.460 e. The number of aliphatic hydroxyl groups excluding tert-OH is 1. The van der Waals surface area contributed by atoms with Crippen molar-refractivity contribution in [1.82, 2.24) is 0 Å². The van der Waals surface area contributed by atoms with Gasteiger partial charge in [0.25, 0.3) is 0 Å². The highest BCUT2D eigenvalue weighted by molar-refractivity contribution is 5.69. The van der Waals surface area contributed by atoms with Crippen LogP contribution in [0.25, 0.3) is 0 Å². The molecule has 0 rings (SSSR count). The molecule has 3 atom stereocenters. The van der Waals surface area contributed by atoms with Crippen molar-refractivity contribution in [1.29, 1.82) is 0 Å². The van der Waals surface area contributed by atoms with Crippen molar-refractivity contribution < 1.29 is 19.7 Å². The lowest BCUT2D eigenvalue weighted by Crippen LogP contribution is -2.28. The number of hydrogen-bond donors (Lipinski definition) is 2. The third kappa shape index (κ3) is 9.91. The van der Waals surface area contributed by atoms with E-state index in [4.69, 9.17) is 4.74 Å². The minimum Gasteiger partial charge on any atom is -0.460 e. The van der Waals surface area contributed by atoms with Crippen molar-refractivity contribution in [2.75, 3.05) is 0 Å². The highest BCUT2D eigenvalue weighted by atomic mass is 16.6. The fourth-order valence-corrected chi connectivity index (χ4v) is 1.94. The Labute approximate surface area is 117 Å². The minimum absolute atomic E-state index is 0.237. The van der Waals surface area contributed by atoms with Gasteiger partial charge >= 0.3 is 5.97 Å². The standard InChI is InChI=1S/C15H30O4/c1-6-13(16)12(3)19-14(17)10-11(2)8-7-9-15(4,5)18/h11-13,16,18H,6-10H2,1-5H3. The molecule has 0 aromatic carbocycles. The van der Waals surface area contributed by atoms with Crippen LogP contribution in [0.1, 0.15) is 66.7 Å². The van der Waals surface area contributed by atoms with Gasteiger partial charge in [0.15, 0.2) is 0 Å². The third-order valence-electron chi connectivity index (χ3n) is 3.28. The molecular formula is C15H30O4. The molecule has 0 aliphatic carbocycles. The lowest BCUT2D eigenvalue weighted by molar-refractivity contribution is -0.154. The fraction of sp³-hybridized carbons (Fsp3) is 0.933. The number of ether oxygens (including phenoxy) is 1. The van der Waals surface area contributed by atoms with Crippen LogP contribution in [-0.4, -0.2) is 34.0 Å². The summed E-state index contributed by atoms with van der Waals surface area (Å²) in [4.78, 5) is 11.7. The van der Waals surface area contributed by atoms with Gasteiger partial charge in [-0.3, -0.25) is 4.79 Å². The minimum atomic E-state index is -0.639. The van der Waals surface area contributed by atoms with Crippen LogP contribution in [0.2, 0.25) is 0 Å². The first-order chi connectivity index (χ1) is 8.65. The SMILES string of the molecule is CCC(O)C(C)OC(=O)CC(C)CCCC(C)(C)O. The van der Waals surface area contributed by atoms with Gasteiger partial charge in [-0.2, -0.15) is 0 Å². The number of carbonyl (C=O) groups excluding carboxylic acids is 1. The van der Waals surface area contributed by atoms with Crippen molar-refractivity contribution in [3.63, 3.8) is 0 Å². The Morgan fingerprint density at radius 3 is 2.37 bits per heavy atom. The van der Waals surface area contributed by atoms with Crippen molar-refractivity contribution >= 4 is 5.97 Å².